The van der Waals surface area contributed by atoms with Crippen LogP contribution in [0.15, 0.2) is 72.9 Å². The summed E-state index contributed by atoms with van der Waals surface area (Å²) >= 11 is 0. The highest BCUT2D eigenvalue weighted by molar-refractivity contribution is 6.01. The summed E-state index contributed by atoms with van der Waals surface area (Å²) in [6, 6.07) is 23.8. The molecule has 0 radical (unpaired) electrons. The lowest BCUT2D eigenvalue weighted by molar-refractivity contribution is 0.122. The molecule has 0 spiro atoms. The average Bonchev–Trinajstić information content (AvgIpc) is 3.44. The third-order valence-electron chi connectivity index (χ3n) is 6.54. The van der Waals surface area contributed by atoms with E-state index < -0.39 is 0 Å². The van der Waals surface area contributed by atoms with Crippen LogP contribution >= 0.6 is 0 Å². The Morgan fingerprint density at radius 1 is 0.879 bits per heavy atom. The number of fused-ring (bicyclic) bond motifs is 1. The van der Waals surface area contributed by atoms with E-state index in [1.165, 1.54) is 22.3 Å². The van der Waals surface area contributed by atoms with Crippen LogP contribution in [0.2, 0.25) is 0 Å². The molecule has 0 aliphatic carbocycles. The molecule has 0 saturated carbocycles. The molecular formula is C27H27N5O. The van der Waals surface area contributed by atoms with Crippen LogP contribution in [0.4, 0.5) is 5.82 Å². The second-order valence-electron chi connectivity index (χ2n) is 8.54. The molecule has 166 valence electrons. The molecule has 6 nitrogen and oxygen atoms in total. The molecule has 1 atom stereocenters. The Bertz CT molecular complexity index is 1260. The van der Waals surface area contributed by atoms with E-state index in [0.29, 0.717) is 0 Å². The van der Waals surface area contributed by atoms with E-state index >= 15 is 0 Å². The van der Waals surface area contributed by atoms with Gasteiger partial charge in [-0.15, -0.1) is 0 Å². The lowest BCUT2D eigenvalue weighted by atomic mass is 9.92. The lowest BCUT2D eigenvalue weighted by Crippen LogP contribution is -2.36. The molecule has 2 saturated heterocycles. The molecule has 2 aromatic carbocycles. The van der Waals surface area contributed by atoms with Gasteiger partial charge in [-0.3, -0.25) is 10.4 Å². The minimum absolute atomic E-state index is 0.151. The summed E-state index contributed by atoms with van der Waals surface area (Å²) in [6.45, 7) is 4.07. The first kappa shape index (κ1) is 20.3. The van der Waals surface area contributed by atoms with Crippen molar-refractivity contribution < 1.29 is 4.74 Å². The Hall–Kier alpha value is -3.32. The Morgan fingerprint density at radius 2 is 1.67 bits per heavy atom. The third-order valence-corrected chi connectivity index (χ3v) is 6.54. The van der Waals surface area contributed by atoms with E-state index in [1.807, 2.05) is 6.20 Å². The topological polar surface area (TPSA) is 62.3 Å². The molecule has 2 aromatic heterocycles. The van der Waals surface area contributed by atoms with Crippen molar-refractivity contribution in [3.63, 3.8) is 0 Å². The van der Waals surface area contributed by atoms with Crippen LogP contribution in [0.25, 0.3) is 33.2 Å². The van der Waals surface area contributed by atoms with Crippen molar-refractivity contribution in [2.75, 3.05) is 37.7 Å². The summed E-state index contributed by atoms with van der Waals surface area (Å²) in [6.07, 6.45) is 2.91. The standard InChI is InChI=1S/C27H27N5O/c1-2-6-19(7-3-1)20-8-4-5-9-21(20)23-18-25(32-14-16-33-17-15-32)30-26-22(23)10-12-28-27(26)24-11-13-29-31-24/h1-10,12,18,24,29,31H,11,13-17H2. The minimum atomic E-state index is 0.151. The van der Waals surface area contributed by atoms with E-state index in [4.69, 9.17) is 14.7 Å². The quantitative estimate of drug-likeness (QED) is 0.495. The van der Waals surface area contributed by atoms with Crippen molar-refractivity contribution in [1.82, 2.24) is 20.8 Å². The molecule has 33 heavy (non-hydrogen) atoms. The fourth-order valence-corrected chi connectivity index (χ4v) is 4.87. The van der Waals surface area contributed by atoms with Crippen LogP contribution in [0.5, 0.6) is 0 Å². The Labute approximate surface area is 193 Å². The number of rotatable bonds is 4. The summed E-state index contributed by atoms with van der Waals surface area (Å²) in [5.41, 5.74) is 13.4. The first-order chi connectivity index (χ1) is 16.4. The Morgan fingerprint density at radius 3 is 2.45 bits per heavy atom. The van der Waals surface area contributed by atoms with Gasteiger partial charge in [0.15, 0.2) is 0 Å². The second-order valence-corrected chi connectivity index (χ2v) is 8.54. The SMILES string of the molecule is c1ccc(-c2ccccc2-c2cc(N3CCOCC3)nc3c(C4CCNN4)nccc23)cc1. The molecule has 0 bridgehead atoms. The molecule has 2 N–H and O–H groups in total. The summed E-state index contributed by atoms with van der Waals surface area (Å²) in [5, 5.41) is 1.13. The molecule has 2 fully saturated rings. The van der Waals surface area contributed by atoms with Crippen LogP contribution in [-0.2, 0) is 4.74 Å². The van der Waals surface area contributed by atoms with Gasteiger partial charge in [-0.05, 0) is 40.8 Å². The van der Waals surface area contributed by atoms with Gasteiger partial charge in [-0.25, -0.2) is 10.4 Å². The zero-order chi connectivity index (χ0) is 22.0. The number of nitrogens with zero attached hydrogens (tertiary/aromatic N) is 3. The maximum Gasteiger partial charge on any atom is 0.130 e. The molecule has 0 amide bonds. The van der Waals surface area contributed by atoms with Crippen molar-refractivity contribution in [1.29, 1.82) is 0 Å². The first-order valence-electron chi connectivity index (χ1n) is 11.6. The second kappa shape index (κ2) is 8.90. The maximum atomic E-state index is 5.61. The highest BCUT2D eigenvalue weighted by atomic mass is 16.5. The largest absolute Gasteiger partial charge is 0.378 e. The lowest BCUT2D eigenvalue weighted by Gasteiger charge is -2.29. The van der Waals surface area contributed by atoms with E-state index in [-0.39, 0.29) is 6.04 Å². The summed E-state index contributed by atoms with van der Waals surface area (Å²) in [7, 11) is 0. The molecule has 1 unspecified atom stereocenters. The average molecular weight is 438 g/mol. The number of hydrazine groups is 1. The molecule has 4 heterocycles. The molecule has 2 aliphatic heterocycles. The number of benzene rings is 2. The first-order valence-corrected chi connectivity index (χ1v) is 11.6. The highest BCUT2D eigenvalue weighted by Crippen LogP contribution is 2.39. The van der Waals surface area contributed by atoms with Crippen LogP contribution in [0.3, 0.4) is 0 Å². The number of hydrogen-bond acceptors (Lipinski definition) is 6. The predicted octanol–water partition coefficient (Wildman–Crippen LogP) is 4.34. The zero-order valence-electron chi connectivity index (χ0n) is 18.5. The van der Waals surface area contributed by atoms with E-state index in [2.05, 4.69) is 82.5 Å². The molecule has 6 heteroatoms. The summed E-state index contributed by atoms with van der Waals surface area (Å²) in [5.74, 6) is 0.990. The van der Waals surface area contributed by atoms with Gasteiger partial charge in [0.05, 0.1) is 30.5 Å². The number of morpholine rings is 1. The van der Waals surface area contributed by atoms with Crippen molar-refractivity contribution >= 4 is 16.7 Å². The molecule has 6 rings (SSSR count). The number of hydrogen-bond donors (Lipinski definition) is 2. The van der Waals surface area contributed by atoms with Crippen molar-refractivity contribution in [3.8, 4) is 22.3 Å². The van der Waals surface area contributed by atoms with Gasteiger partial charge >= 0.3 is 0 Å². The highest BCUT2D eigenvalue weighted by Gasteiger charge is 2.24. The van der Waals surface area contributed by atoms with Crippen LogP contribution in [0, 0.1) is 0 Å². The maximum absolute atomic E-state index is 5.61. The van der Waals surface area contributed by atoms with Crippen LogP contribution < -0.4 is 15.8 Å². The van der Waals surface area contributed by atoms with Gasteiger partial charge in [0.25, 0.3) is 0 Å². The number of pyridine rings is 2. The molecule has 2 aliphatic rings. The Balaban J connectivity index is 1.60. The normalized spacial score (nSPS) is 18.7. The van der Waals surface area contributed by atoms with Gasteiger partial charge in [0.2, 0.25) is 0 Å². The fourth-order valence-electron chi connectivity index (χ4n) is 4.87. The van der Waals surface area contributed by atoms with Gasteiger partial charge < -0.3 is 9.64 Å². The number of aromatic nitrogens is 2. The van der Waals surface area contributed by atoms with Crippen molar-refractivity contribution in [2.45, 2.75) is 12.5 Å². The van der Waals surface area contributed by atoms with E-state index in [0.717, 1.165) is 61.7 Å². The minimum Gasteiger partial charge on any atom is -0.378 e. The monoisotopic (exact) mass is 437 g/mol. The Kier molecular flexibility index (Phi) is 5.48. The van der Waals surface area contributed by atoms with Gasteiger partial charge in [-0.1, -0.05) is 54.6 Å². The van der Waals surface area contributed by atoms with Gasteiger partial charge in [0.1, 0.15) is 5.82 Å². The summed E-state index contributed by atoms with van der Waals surface area (Å²) < 4.78 is 5.61. The van der Waals surface area contributed by atoms with Gasteiger partial charge in [0, 0.05) is 31.2 Å². The number of nitrogens with one attached hydrogen (secondary N) is 2. The third kappa shape index (κ3) is 3.86. The number of ether oxygens (including phenoxy) is 1. The molecular weight excluding hydrogens is 410 g/mol. The smallest absolute Gasteiger partial charge is 0.130 e. The van der Waals surface area contributed by atoms with Gasteiger partial charge in [-0.2, -0.15) is 0 Å². The number of anilines is 1. The predicted molar refractivity (Wildman–Crippen MR) is 132 cm³/mol. The molecule has 4 aromatic rings. The van der Waals surface area contributed by atoms with Crippen molar-refractivity contribution in [2.24, 2.45) is 0 Å². The fraction of sp³-hybridized carbons (Fsp3) is 0.259. The zero-order valence-corrected chi connectivity index (χ0v) is 18.5. The van der Waals surface area contributed by atoms with E-state index in [9.17, 15) is 0 Å². The summed E-state index contributed by atoms with van der Waals surface area (Å²) in [4.78, 5) is 12.3. The van der Waals surface area contributed by atoms with E-state index in [1.54, 1.807) is 0 Å². The van der Waals surface area contributed by atoms with Crippen molar-refractivity contribution in [3.05, 3.63) is 78.6 Å². The van der Waals surface area contributed by atoms with Crippen LogP contribution in [0.1, 0.15) is 18.2 Å². The van der Waals surface area contributed by atoms with Crippen LogP contribution in [-0.4, -0.2) is 42.8 Å².